The largest absolute Gasteiger partial charge is 0.493 e. The summed E-state index contributed by atoms with van der Waals surface area (Å²) in [5, 5.41) is 0. The van der Waals surface area contributed by atoms with Gasteiger partial charge in [-0.25, -0.2) is 14.4 Å². The zero-order valence-corrected chi connectivity index (χ0v) is 18.1. The minimum atomic E-state index is -0.333. The Balaban J connectivity index is 1.40. The van der Waals surface area contributed by atoms with E-state index in [0.717, 1.165) is 18.4 Å². The predicted octanol–water partition coefficient (Wildman–Crippen LogP) is 3.61. The fourth-order valence-electron chi connectivity index (χ4n) is 4.05. The molecule has 1 aliphatic carbocycles. The summed E-state index contributed by atoms with van der Waals surface area (Å²) in [7, 11) is 1.39. The zero-order chi connectivity index (χ0) is 22.3. The molecule has 0 spiro atoms. The van der Waals surface area contributed by atoms with Crippen LogP contribution in [-0.2, 0) is 16.1 Å². The first-order valence-electron chi connectivity index (χ1n) is 10.7. The number of benzene rings is 1. The lowest BCUT2D eigenvalue weighted by molar-refractivity contribution is -0.142. The van der Waals surface area contributed by atoms with Crippen molar-refractivity contribution in [2.24, 2.45) is 5.41 Å². The Kier molecular flexibility index (Phi) is 5.11. The maximum absolute atomic E-state index is 14.2. The standard InChI is InChI=1S/C23H25FN4O4/c1-14-11-31-19-8-17-21(26-13-25-17)27-22(19)28(14)10-15-7-16(24)3-4-18(15)32-12-23(5-6-23)9-20(29)30-2/h3-4,7-8,13-14H,5-6,9-12H2,1-2H3,(H,25,26,27)/t14-/m1/s1. The molecule has 1 aromatic carbocycles. The topological polar surface area (TPSA) is 89.6 Å². The first-order valence-corrected chi connectivity index (χ1v) is 10.7. The third kappa shape index (κ3) is 3.94. The van der Waals surface area contributed by atoms with Gasteiger partial charge in [0.05, 0.1) is 38.0 Å². The van der Waals surface area contributed by atoms with E-state index in [9.17, 15) is 9.18 Å². The molecule has 1 atom stereocenters. The number of fused-ring (bicyclic) bond motifs is 2. The number of hydrogen-bond donors (Lipinski definition) is 1. The molecule has 0 unspecified atom stereocenters. The molecule has 0 bridgehead atoms. The molecule has 0 radical (unpaired) electrons. The van der Waals surface area contributed by atoms with Crippen LogP contribution in [0.5, 0.6) is 11.5 Å². The van der Waals surface area contributed by atoms with Gasteiger partial charge < -0.3 is 24.1 Å². The van der Waals surface area contributed by atoms with Crippen LogP contribution in [-0.4, -0.2) is 47.3 Å². The molecule has 168 valence electrons. The molecule has 3 aromatic rings. The highest BCUT2D eigenvalue weighted by molar-refractivity contribution is 5.77. The number of ether oxygens (including phenoxy) is 3. The first-order chi connectivity index (χ1) is 15.5. The lowest BCUT2D eigenvalue weighted by Crippen LogP contribution is -2.41. The molecule has 32 heavy (non-hydrogen) atoms. The number of pyridine rings is 1. The quantitative estimate of drug-likeness (QED) is 0.562. The Hall–Kier alpha value is -3.36. The van der Waals surface area contributed by atoms with Gasteiger partial charge in [0, 0.05) is 23.6 Å². The normalized spacial score (nSPS) is 18.7. The van der Waals surface area contributed by atoms with E-state index < -0.39 is 0 Å². The number of anilines is 1. The summed E-state index contributed by atoms with van der Waals surface area (Å²) in [6, 6.07) is 6.44. The van der Waals surface area contributed by atoms with E-state index >= 15 is 0 Å². The van der Waals surface area contributed by atoms with Gasteiger partial charge >= 0.3 is 5.97 Å². The van der Waals surface area contributed by atoms with E-state index in [0.29, 0.717) is 54.7 Å². The van der Waals surface area contributed by atoms with Crippen molar-refractivity contribution in [3.05, 3.63) is 42.0 Å². The number of rotatable bonds is 7. The molecule has 1 aliphatic heterocycles. The molecule has 8 nitrogen and oxygen atoms in total. The molecule has 9 heteroatoms. The second kappa shape index (κ2) is 7.96. The summed E-state index contributed by atoms with van der Waals surface area (Å²) in [4.78, 5) is 25.8. The van der Waals surface area contributed by atoms with E-state index in [-0.39, 0.29) is 23.2 Å². The third-order valence-corrected chi connectivity index (χ3v) is 6.24. The summed E-state index contributed by atoms with van der Waals surface area (Å²) >= 11 is 0. The van der Waals surface area contributed by atoms with Gasteiger partial charge in [-0.1, -0.05) is 0 Å². The molecular weight excluding hydrogens is 415 g/mol. The number of hydrogen-bond acceptors (Lipinski definition) is 7. The van der Waals surface area contributed by atoms with Gasteiger partial charge in [0.25, 0.3) is 0 Å². The van der Waals surface area contributed by atoms with Gasteiger partial charge in [-0.15, -0.1) is 0 Å². The monoisotopic (exact) mass is 440 g/mol. The number of halogens is 1. The summed E-state index contributed by atoms with van der Waals surface area (Å²) in [5.74, 6) is 1.36. The summed E-state index contributed by atoms with van der Waals surface area (Å²) in [6.45, 7) is 3.32. The number of methoxy groups -OCH3 is 1. The van der Waals surface area contributed by atoms with Crippen molar-refractivity contribution in [3.63, 3.8) is 0 Å². The van der Waals surface area contributed by atoms with Crippen molar-refractivity contribution >= 4 is 23.0 Å². The first kappa shape index (κ1) is 20.5. The number of nitrogens with one attached hydrogen (secondary N) is 1. The average molecular weight is 440 g/mol. The summed E-state index contributed by atoms with van der Waals surface area (Å²) in [6.07, 6.45) is 3.75. The van der Waals surface area contributed by atoms with Gasteiger partial charge in [-0.3, -0.25) is 4.79 Å². The molecule has 2 aromatic heterocycles. The lowest BCUT2D eigenvalue weighted by atomic mass is 10.0. The maximum atomic E-state index is 14.2. The second-order valence-corrected chi connectivity index (χ2v) is 8.67. The van der Waals surface area contributed by atoms with Crippen molar-refractivity contribution < 1.29 is 23.4 Å². The molecule has 0 amide bonds. The molecular formula is C23H25FN4O4. The van der Waals surface area contributed by atoms with Gasteiger partial charge in [0.15, 0.2) is 17.2 Å². The molecule has 1 fully saturated rings. The summed E-state index contributed by atoms with van der Waals surface area (Å²) < 4.78 is 31.0. The van der Waals surface area contributed by atoms with Crippen LogP contribution in [0.4, 0.5) is 10.2 Å². The van der Waals surface area contributed by atoms with Crippen LogP contribution in [0.25, 0.3) is 11.2 Å². The van der Waals surface area contributed by atoms with Gasteiger partial charge in [0.2, 0.25) is 0 Å². The number of esters is 1. The highest BCUT2D eigenvalue weighted by Gasteiger charge is 2.45. The fourth-order valence-corrected chi connectivity index (χ4v) is 4.05. The Morgan fingerprint density at radius 2 is 2.22 bits per heavy atom. The van der Waals surface area contributed by atoms with Crippen LogP contribution in [0.1, 0.15) is 31.7 Å². The lowest BCUT2D eigenvalue weighted by Gasteiger charge is -2.36. The minimum Gasteiger partial charge on any atom is -0.493 e. The van der Waals surface area contributed by atoms with E-state index in [2.05, 4.69) is 19.9 Å². The van der Waals surface area contributed by atoms with Crippen LogP contribution in [0, 0.1) is 11.2 Å². The van der Waals surface area contributed by atoms with E-state index in [4.69, 9.17) is 14.2 Å². The highest BCUT2D eigenvalue weighted by atomic mass is 19.1. The third-order valence-electron chi connectivity index (χ3n) is 6.24. The van der Waals surface area contributed by atoms with E-state index in [1.807, 2.05) is 13.0 Å². The number of carbonyl (C=O) groups excluding carboxylic acids is 1. The van der Waals surface area contributed by atoms with Gasteiger partial charge in [0.1, 0.15) is 18.2 Å². The Morgan fingerprint density at radius 1 is 1.38 bits per heavy atom. The number of imidazole rings is 1. The Labute approximate surface area is 184 Å². The van der Waals surface area contributed by atoms with Crippen molar-refractivity contribution in [2.45, 2.75) is 38.8 Å². The number of aromatic nitrogens is 3. The molecule has 3 heterocycles. The SMILES string of the molecule is COC(=O)CC1(COc2ccc(F)cc2CN2c3nc4nc[nH]c4cc3OC[C@H]2C)CC1. The molecule has 5 rings (SSSR count). The molecule has 1 N–H and O–H groups in total. The van der Waals surface area contributed by atoms with E-state index in [1.54, 1.807) is 12.4 Å². The van der Waals surface area contributed by atoms with Gasteiger partial charge in [-0.2, -0.15) is 0 Å². The molecule has 1 saturated carbocycles. The van der Waals surface area contributed by atoms with Crippen LogP contribution < -0.4 is 14.4 Å². The van der Waals surface area contributed by atoms with E-state index in [1.165, 1.54) is 19.2 Å². The number of carbonyl (C=O) groups is 1. The molecule has 0 saturated heterocycles. The van der Waals surface area contributed by atoms with Gasteiger partial charge in [-0.05, 0) is 38.0 Å². The molecule has 2 aliphatic rings. The smallest absolute Gasteiger partial charge is 0.306 e. The Bertz CT molecular complexity index is 1160. The van der Waals surface area contributed by atoms with Crippen molar-refractivity contribution in [1.82, 2.24) is 15.0 Å². The van der Waals surface area contributed by atoms with Crippen molar-refractivity contribution in [1.29, 1.82) is 0 Å². The second-order valence-electron chi connectivity index (χ2n) is 8.67. The fraction of sp³-hybridized carbons (Fsp3) is 0.435. The predicted molar refractivity (Wildman–Crippen MR) is 115 cm³/mol. The number of nitrogens with zero attached hydrogens (tertiary/aromatic N) is 3. The van der Waals surface area contributed by atoms with Crippen molar-refractivity contribution in [2.75, 3.05) is 25.2 Å². The van der Waals surface area contributed by atoms with Crippen molar-refractivity contribution in [3.8, 4) is 11.5 Å². The maximum Gasteiger partial charge on any atom is 0.306 e. The number of aromatic amines is 1. The highest BCUT2D eigenvalue weighted by Crippen LogP contribution is 2.49. The Morgan fingerprint density at radius 3 is 3.00 bits per heavy atom. The van der Waals surface area contributed by atoms with Crippen LogP contribution in [0.3, 0.4) is 0 Å². The zero-order valence-electron chi connectivity index (χ0n) is 18.1. The average Bonchev–Trinajstić information content (AvgIpc) is 3.39. The van der Waals surface area contributed by atoms with Crippen LogP contribution in [0.2, 0.25) is 0 Å². The van der Waals surface area contributed by atoms with Crippen LogP contribution >= 0.6 is 0 Å². The minimum absolute atomic E-state index is 0.0246. The number of H-pyrrole nitrogens is 1. The summed E-state index contributed by atoms with van der Waals surface area (Å²) in [5.41, 5.74) is 1.92. The van der Waals surface area contributed by atoms with Crippen LogP contribution in [0.15, 0.2) is 30.6 Å².